The van der Waals surface area contributed by atoms with Gasteiger partial charge in [-0.1, -0.05) is 0 Å². The molecule has 0 radical (unpaired) electrons. The summed E-state index contributed by atoms with van der Waals surface area (Å²) in [6.07, 6.45) is 1.01. The van der Waals surface area contributed by atoms with Crippen molar-refractivity contribution in [3.05, 3.63) is 73.6 Å². The summed E-state index contributed by atoms with van der Waals surface area (Å²) in [5, 5.41) is 20.6. The Morgan fingerprint density at radius 1 is 0.758 bits per heavy atom. The fourth-order valence-electron chi connectivity index (χ4n) is 3.46. The summed E-state index contributed by atoms with van der Waals surface area (Å²) in [6, 6.07) is 2.12. The minimum absolute atomic E-state index is 0.228. The Labute approximate surface area is 182 Å². The molecule has 2 aromatic carbocycles. The van der Waals surface area contributed by atoms with E-state index in [9.17, 15) is 42.2 Å². The molecule has 0 bridgehead atoms. The third kappa shape index (κ3) is 5.34. The normalized spacial score (nSPS) is 16.9. The van der Waals surface area contributed by atoms with E-state index in [1.54, 1.807) is 0 Å². The van der Waals surface area contributed by atoms with Gasteiger partial charge in [-0.2, -0.15) is 0 Å². The zero-order valence-corrected chi connectivity index (χ0v) is 16.7. The lowest BCUT2D eigenvalue weighted by Crippen LogP contribution is -2.45. The van der Waals surface area contributed by atoms with Crippen molar-refractivity contribution in [2.75, 3.05) is 31.2 Å². The molecule has 0 aliphatic carbocycles. The smallest absolute Gasteiger partial charge is 0.275 e. The molecule has 9 nitrogen and oxygen atoms in total. The summed E-state index contributed by atoms with van der Waals surface area (Å²) in [4.78, 5) is 20.3. The first-order chi connectivity index (χ1) is 15.5. The average molecular weight is 477 g/mol. The fraction of sp³-hybridized carbons (Fsp3) is 0.368. The summed E-state index contributed by atoms with van der Waals surface area (Å²) >= 11 is 0. The van der Waals surface area contributed by atoms with Gasteiger partial charge in [0.1, 0.15) is 5.69 Å². The van der Waals surface area contributed by atoms with Gasteiger partial charge in [0.2, 0.25) is 0 Å². The van der Waals surface area contributed by atoms with Crippen molar-refractivity contribution in [1.82, 2.24) is 0 Å². The molecule has 0 saturated carbocycles. The maximum absolute atomic E-state index is 14.0. The van der Waals surface area contributed by atoms with Gasteiger partial charge in [-0.25, -0.2) is 22.0 Å². The molecule has 2 saturated heterocycles. The SMILES string of the molecule is O=[N+]([O-])c1cc(F)c(F)c(F)c1.O=[N+]([O-])c1cc(F)c(N2CCC3(CC2)OCCO3)c(F)c1. The van der Waals surface area contributed by atoms with E-state index in [0.717, 1.165) is 12.1 Å². The van der Waals surface area contributed by atoms with Crippen LogP contribution in [0.25, 0.3) is 0 Å². The van der Waals surface area contributed by atoms with Crippen LogP contribution in [0.1, 0.15) is 12.8 Å². The van der Waals surface area contributed by atoms with Crippen molar-refractivity contribution in [3.8, 4) is 0 Å². The molecule has 2 aliphatic heterocycles. The first kappa shape index (κ1) is 24.3. The maximum atomic E-state index is 14.0. The Morgan fingerprint density at radius 2 is 1.15 bits per heavy atom. The van der Waals surface area contributed by atoms with Crippen LogP contribution in [0.2, 0.25) is 0 Å². The molecular weight excluding hydrogens is 461 g/mol. The van der Waals surface area contributed by atoms with E-state index in [1.807, 2.05) is 0 Å². The Hall–Kier alpha value is -3.39. The lowest BCUT2D eigenvalue weighted by Gasteiger charge is -2.38. The summed E-state index contributed by atoms with van der Waals surface area (Å²) in [5.41, 5.74) is -1.63. The third-order valence-electron chi connectivity index (χ3n) is 5.05. The van der Waals surface area contributed by atoms with Crippen LogP contribution in [0.3, 0.4) is 0 Å². The Balaban J connectivity index is 0.000000218. The van der Waals surface area contributed by atoms with Crippen molar-refractivity contribution in [3.63, 3.8) is 0 Å². The van der Waals surface area contributed by atoms with Crippen molar-refractivity contribution in [2.24, 2.45) is 0 Å². The minimum Gasteiger partial charge on any atom is -0.366 e. The molecule has 2 heterocycles. The Kier molecular flexibility index (Phi) is 7.07. The highest BCUT2D eigenvalue weighted by Crippen LogP contribution is 2.36. The van der Waals surface area contributed by atoms with Gasteiger partial charge in [-0.3, -0.25) is 20.2 Å². The quantitative estimate of drug-likeness (QED) is 0.282. The molecule has 2 aromatic rings. The molecule has 0 N–H and O–H groups in total. The third-order valence-corrected chi connectivity index (χ3v) is 5.05. The van der Waals surface area contributed by atoms with Gasteiger partial charge in [0.25, 0.3) is 11.4 Å². The van der Waals surface area contributed by atoms with E-state index in [1.165, 1.54) is 4.90 Å². The van der Waals surface area contributed by atoms with Gasteiger partial charge in [0, 0.05) is 25.9 Å². The largest absolute Gasteiger partial charge is 0.366 e. The fourth-order valence-corrected chi connectivity index (χ4v) is 3.46. The van der Waals surface area contributed by atoms with Gasteiger partial charge < -0.3 is 14.4 Å². The molecule has 178 valence electrons. The summed E-state index contributed by atoms with van der Waals surface area (Å²) in [6.45, 7) is 1.79. The van der Waals surface area contributed by atoms with Crippen molar-refractivity contribution >= 4 is 17.1 Å². The minimum atomic E-state index is -1.71. The van der Waals surface area contributed by atoms with E-state index >= 15 is 0 Å². The highest BCUT2D eigenvalue weighted by molar-refractivity contribution is 5.54. The number of non-ortho nitro benzene ring substituents is 2. The van der Waals surface area contributed by atoms with Crippen molar-refractivity contribution in [1.29, 1.82) is 0 Å². The highest BCUT2D eigenvalue weighted by atomic mass is 19.2. The zero-order valence-electron chi connectivity index (χ0n) is 16.7. The number of benzene rings is 2. The lowest BCUT2D eigenvalue weighted by molar-refractivity contribution is -0.385. The first-order valence-electron chi connectivity index (χ1n) is 9.48. The van der Waals surface area contributed by atoms with Gasteiger partial charge in [-0.05, 0) is 0 Å². The summed E-state index contributed by atoms with van der Waals surface area (Å²) in [5.74, 6) is -7.33. The standard InChI is InChI=1S/C13H14F2N2O4.C6H2F3NO2/c14-10-7-9(17(18)19)8-11(15)12(10)16-3-1-13(2-4-16)20-5-6-21-13;7-4-1-3(10(11)12)2-5(8)6(4)9/h7-8H,1-6H2;1-2H. The number of hydrogen-bond acceptors (Lipinski definition) is 7. The lowest BCUT2D eigenvalue weighted by atomic mass is 10.0. The zero-order chi connectivity index (χ0) is 24.3. The van der Waals surface area contributed by atoms with Gasteiger partial charge >= 0.3 is 0 Å². The topological polar surface area (TPSA) is 108 Å². The summed E-state index contributed by atoms with van der Waals surface area (Å²) in [7, 11) is 0. The molecule has 4 rings (SSSR count). The second kappa shape index (κ2) is 9.62. The van der Waals surface area contributed by atoms with Crippen molar-refractivity contribution < 1.29 is 41.3 Å². The average Bonchev–Trinajstić information content (AvgIpc) is 3.21. The van der Waals surface area contributed by atoms with Gasteiger partial charge in [0.05, 0.1) is 47.3 Å². The van der Waals surface area contributed by atoms with Gasteiger partial charge in [0.15, 0.2) is 34.9 Å². The van der Waals surface area contributed by atoms with Crippen molar-refractivity contribution in [2.45, 2.75) is 18.6 Å². The van der Waals surface area contributed by atoms with Crippen LogP contribution < -0.4 is 4.90 Å². The van der Waals surface area contributed by atoms with E-state index in [0.29, 0.717) is 51.3 Å². The second-order valence-electron chi connectivity index (χ2n) is 7.09. The number of ether oxygens (including phenoxy) is 2. The molecule has 14 heteroatoms. The molecule has 0 atom stereocenters. The van der Waals surface area contributed by atoms with Crippen LogP contribution in [-0.4, -0.2) is 41.9 Å². The molecule has 0 aromatic heterocycles. The van der Waals surface area contributed by atoms with E-state index < -0.39 is 56.1 Å². The maximum Gasteiger partial charge on any atom is 0.275 e. The molecule has 33 heavy (non-hydrogen) atoms. The van der Waals surface area contributed by atoms with Gasteiger partial charge in [-0.15, -0.1) is 0 Å². The van der Waals surface area contributed by atoms with Crippen LogP contribution in [0.15, 0.2) is 24.3 Å². The van der Waals surface area contributed by atoms with E-state index in [2.05, 4.69) is 0 Å². The van der Waals surface area contributed by atoms with Crippen LogP contribution in [0, 0.1) is 49.3 Å². The van der Waals surface area contributed by atoms with Crippen LogP contribution in [0.4, 0.5) is 39.0 Å². The second-order valence-corrected chi connectivity index (χ2v) is 7.09. The number of halogens is 5. The number of rotatable bonds is 3. The number of nitro groups is 2. The number of piperidine rings is 1. The molecule has 1 spiro atoms. The number of hydrogen-bond donors (Lipinski definition) is 0. The molecule has 0 unspecified atom stereocenters. The Bertz CT molecular complexity index is 1020. The van der Waals surface area contributed by atoms with Crippen LogP contribution in [0.5, 0.6) is 0 Å². The number of nitrogens with zero attached hydrogens (tertiary/aromatic N) is 3. The Morgan fingerprint density at radius 3 is 1.55 bits per heavy atom. The number of nitro benzene ring substituents is 2. The molecule has 0 amide bonds. The monoisotopic (exact) mass is 477 g/mol. The predicted octanol–water partition coefficient (Wildman–Crippen LogP) is 4.23. The van der Waals surface area contributed by atoms with Crippen LogP contribution in [-0.2, 0) is 9.47 Å². The van der Waals surface area contributed by atoms with E-state index in [-0.39, 0.29) is 5.69 Å². The van der Waals surface area contributed by atoms with Crippen LogP contribution >= 0.6 is 0 Å². The molecule has 2 fully saturated rings. The highest BCUT2D eigenvalue weighted by Gasteiger charge is 2.40. The number of anilines is 1. The van der Waals surface area contributed by atoms with E-state index in [4.69, 9.17) is 9.47 Å². The predicted molar refractivity (Wildman–Crippen MR) is 102 cm³/mol. The summed E-state index contributed by atoms with van der Waals surface area (Å²) < 4.78 is 75.8. The first-order valence-corrected chi connectivity index (χ1v) is 9.48. The molecular formula is C19H16F5N3O6. The molecule has 2 aliphatic rings.